The van der Waals surface area contributed by atoms with Crippen molar-refractivity contribution in [3.63, 3.8) is 0 Å². The summed E-state index contributed by atoms with van der Waals surface area (Å²) in [5, 5.41) is 10.3. The van der Waals surface area contributed by atoms with Crippen molar-refractivity contribution in [3.05, 3.63) is 260 Å². The van der Waals surface area contributed by atoms with Crippen molar-refractivity contribution in [2.24, 2.45) is 0 Å². The molecule has 1 aliphatic carbocycles. The van der Waals surface area contributed by atoms with E-state index in [9.17, 15) is 0 Å². The Kier molecular flexibility index (Phi) is 9.24. The van der Waals surface area contributed by atoms with Crippen LogP contribution in [0.5, 0.6) is 0 Å². The molecule has 2 aromatic heterocycles. The van der Waals surface area contributed by atoms with Gasteiger partial charge in [-0.2, -0.15) is 0 Å². The number of aromatic nitrogens is 2. The minimum Gasteiger partial charge on any atom is -0.310 e. The van der Waals surface area contributed by atoms with Gasteiger partial charge in [0.25, 0.3) is 0 Å². The summed E-state index contributed by atoms with van der Waals surface area (Å²) >= 11 is 0. The van der Waals surface area contributed by atoms with Crippen LogP contribution in [0.3, 0.4) is 0 Å². The molecular weight excluding hydrogens is 859 g/mol. The maximum atomic E-state index is 4.43. The van der Waals surface area contributed by atoms with Crippen LogP contribution in [0.25, 0.3) is 104 Å². The number of hydrogen-bond acceptors (Lipinski definition) is 2. The first-order valence-corrected chi connectivity index (χ1v) is 24.6. The predicted molar refractivity (Wildman–Crippen MR) is 300 cm³/mol. The van der Waals surface area contributed by atoms with Gasteiger partial charge in [-0.05, 0) is 173 Å². The summed E-state index contributed by atoms with van der Waals surface area (Å²) in [5.41, 5.74) is 18.9. The molecule has 0 unspecified atom stereocenters. The molecule has 0 fully saturated rings. The zero-order valence-electron chi connectivity index (χ0n) is 39.5. The van der Waals surface area contributed by atoms with Crippen molar-refractivity contribution in [2.75, 3.05) is 4.90 Å². The first kappa shape index (κ1) is 41.0. The molecule has 3 nitrogen and oxygen atoms in total. The van der Waals surface area contributed by atoms with Gasteiger partial charge in [0, 0.05) is 51.3 Å². The molecule has 11 aromatic carbocycles. The maximum Gasteiger partial charge on any atom is 0.0544 e. The molecular formula is C68H47N3. The summed E-state index contributed by atoms with van der Waals surface area (Å²) in [7, 11) is 0. The number of anilines is 3. The van der Waals surface area contributed by atoms with Crippen molar-refractivity contribution in [2.45, 2.75) is 19.3 Å². The molecule has 0 bridgehead atoms. The molecule has 0 radical (unpaired) electrons. The van der Waals surface area contributed by atoms with Crippen LogP contribution < -0.4 is 4.90 Å². The Labute approximate surface area is 413 Å². The van der Waals surface area contributed by atoms with Crippen LogP contribution in [-0.4, -0.2) is 9.55 Å². The SMILES string of the molecule is CC1(C)c2cc3c4ccccc4c4ccccc4c3cc2-c2ccc3c(c21)c1cc(-c2cccc(N(c4ccccc4)c4cccc(-c5cccc(-c6ccccc6)c5)c4)c2)ccc1n3-c1ccncc1. The topological polar surface area (TPSA) is 21.1 Å². The van der Waals surface area contributed by atoms with Gasteiger partial charge in [-0.3, -0.25) is 4.98 Å². The highest BCUT2D eigenvalue weighted by atomic mass is 15.1. The van der Waals surface area contributed by atoms with Crippen LogP contribution in [0.15, 0.2) is 249 Å². The minimum absolute atomic E-state index is 0.286. The van der Waals surface area contributed by atoms with Crippen LogP contribution in [0.1, 0.15) is 25.0 Å². The van der Waals surface area contributed by atoms with E-state index in [-0.39, 0.29) is 5.41 Å². The molecule has 14 rings (SSSR count). The summed E-state index contributed by atoms with van der Waals surface area (Å²) in [6.45, 7) is 4.87. The third-order valence-corrected chi connectivity index (χ3v) is 15.2. The summed E-state index contributed by atoms with van der Waals surface area (Å²) in [6.07, 6.45) is 3.80. The lowest BCUT2D eigenvalue weighted by Gasteiger charge is -2.26. The van der Waals surface area contributed by atoms with Gasteiger partial charge in [-0.25, -0.2) is 0 Å². The van der Waals surface area contributed by atoms with Gasteiger partial charge in [0.15, 0.2) is 0 Å². The number of benzene rings is 11. The van der Waals surface area contributed by atoms with E-state index in [2.05, 4.69) is 265 Å². The Morgan fingerprint density at radius 2 is 0.845 bits per heavy atom. The molecule has 0 saturated carbocycles. The largest absolute Gasteiger partial charge is 0.310 e. The average molecular weight is 906 g/mol. The summed E-state index contributed by atoms with van der Waals surface area (Å²) in [4.78, 5) is 6.81. The molecule has 0 atom stereocenters. The van der Waals surface area contributed by atoms with E-state index in [4.69, 9.17) is 0 Å². The molecule has 13 aromatic rings. The quantitative estimate of drug-likeness (QED) is 0.149. The molecule has 1 aliphatic rings. The van der Waals surface area contributed by atoms with E-state index >= 15 is 0 Å². The number of rotatable bonds is 7. The normalized spacial score (nSPS) is 12.8. The Hall–Kier alpha value is -9.05. The van der Waals surface area contributed by atoms with Crippen molar-refractivity contribution in [1.29, 1.82) is 0 Å². The first-order valence-electron chi connectivity index (χ1n) is 24.6. The predicted octanol–water partition coefficient (Wildman–Crippen LogP) is 18.4. The minimum atomic E-state index is -0.286. The van der Waals surface area contributed by atoms with Crippen LogP contribution in [0.2, 0.25) is 0 Å². The lowest BCUT2D eigenvalue weighted by Crippen LogP contribution is -2.15. The Morgan fingerprint density at radius 3 is 1.49 bits per heavy atom. The summed E-state index contributed by atoms with van der Waals surface area (Å²) in [5.74, 6) is 0. The van der Waals surface area contributed by atoms with E-state index in [1.165, 1.54) is 104 Å². The molecule has 0 saturated heterocycles. The number of nitrogens with zero attached hydrogens (tertiary/aromatic N) is 3. The highest BCUT2D eigenvalue weighted by Crippen LogP contribution is 2.55. The zero-order chi connectivity index (χ0) is 47.2. The second-order valence-corrected chi connectivity index (χ2v) is 19.5. The molecule has 334 valence electrons. The van der Waals surface area contributed by atoms with E-state index in [1.54, 1.807) is 0 Å². The second-order valence-electron chi connectivity index (χ2n) is 19.5. The smallest absolute Gasteiger partial charge is 0.0544 e. The fraction of sp³-hybridized carbons (Fsp3) is 0.0441. The van der Waals surface area contributed by atoms with Gasteiger partial charge in [0.1, 0.15) is 0 Å². The van der Waals surface area contributed by atoms with Crippen LogP contribution in [0, 0.1) is 0 Å². The zero-order valence-corrected chi connectivity index (χ0v) is 39.5. The number of pyridine rings is 1. The molecule has 0 aliphatic heterocycles. The lowest BCUT2D eigenvalue weighted by molar-refractivity contribution is 0.667. The molecule has 3 heteroatoms. The number of fused-ring (bicyclic) bond motifs is 13. The molecule has 0 amide bonds. The molecule has 0 N–H and O–H groups in total. The summed E-state index contributed by atoms with van der Waals surface area (Å²) < 4.78 is 2.43. The molecule has 2 heterocycles. The van der Waals surface area contributed by atoms with Gasteiger partial charge in [-0.15, -0.1) is 0 Å². The third-order valence-electron chi connectivity index (χ3n) is 15.2. The van der Waals surface area contributed by atoms with E-state index in [1.807, 2.05) is 12.4 Å². The highest BCUT2D eigenvalue weighted by Gasteiger charge is 2.39. The van der Waals surface area contributed by atoms with Crippen molar-refractivity contribution >= 4 is 71.2 Å². The molecule has 71 heavy (non-hydrogen) atoms. The van der Waals surface area contributed by atoms with E-state index in [0.29, 0.717) is 0 Å². The molecule has 0 spiro atoms. The summed E-state index contributed by atoms with van der Waals surface area (Å²) in [6, 6.07) is 87.1. The number of hydrogen-bond donors (Lipinski definition) is 0. The fourth-order valence-corrected chi connectivity index (χ4v) is 11.9. The van der Waals surface area contributed by atoms with Gasteiger partial charge >= 0.3 is 0 Å². The van der Waals surface area contributed by atoms with Crippen LogP contribution in [0.4, 0.5) is 17.1 Å². The highest BCUT2D eigenvalue weighted by molar-refractivity contribution is 6.26. The van der Waals surface area contributed by atoms with Gasteiger partial charge in [0.05, 0.1) is 11.0 Å². The Bertz CT molecular complexity index is 4240. The second kappa shape index (κ2) is 16.0. The Balaban J connectivity index is 0.942. The fourth-order valence-electron chi connectivity index (χ4n) is 11.9. The van der Waals surface area contributed by atoms with Crippen LogP contribution in [-0.2, 0) is 5.41 Å². The lowest BCUT2D eigenvalue weighted by atomic mass is 9.79. The number of para-hydroxylation sites is 1. The van der Waals surface area contributed by atoms with Crippen molar-refractivity contribution in [1.82, 2.24) is 9.55 Å². The third kappa shape index (κ3) is 6.47. The van der Waals surface area contributed by atoms with Crippen molar-refractivity contribution in [3.8, 4) is 50.2 Å². The van der Waals surface area contributed by atoms with Crippen LogP contribution >= 0.6 is 0 Å². The monoisotopic (exact) mass is 905 g/mol. The average Bonchev–Trinajstić information content (AvgIpc) is 3.88. The maximum absolute atomic E-state index is 4.43. The van der Waals surface area contributed by atoms with Crippen molar-refractivity contribution < 1.29 is 0 Å². The van der Waals surface area contributed by atoms with Gasteiger partial charge < -0.3 is 9.47 Å². The van der Waals surface area contributed by atoms with Gasteiger partial charge in [-0.1, -0.05) is 166 Å². The van der Waals surface area contributed by atoms with Gasteiger partial charge in [0.2, 0.25) is 0 Å². The standard InChI is InChI=1S/C68H47N3/c1-68(2)63-43-60-57-29-12-10-27-55(57)54-26-9-11-28-56(54)59(60)42-61(63)58-31-33-65-66(67(58)68)62-41-49(30-32-64(62)71(65)51-34-36-69-37-35-51)48-21-15-25-53(40-48)70(50-22-7-4-8-23-50)52-24-14-20-47(39-52)46-19-13-18-45(38-46)44-16-5-3-6-17-44/h3-43H,1-2H3. The first-order chi connectivity index (χ1) is 35.0. The Morgan fingerprint density at radius 1 is 0.352 bits per heavy atom. The van der Waals surface area contributed by atoms with E-state index < -0.39 is 0 Å². The van der Waals surface area contributed by atoms with E-state index in [0.717, 1.165) is 28.3 Å².